The molecule has 0 saturated heterocycles. The lowest BCUT2D eigenvalue weighted by Crippen LogP contribution is -2.28. The van der Waals surface area contributed by atoms with Gasteiger partial charge in [0.15, 0.2) is 0 Å². The summed E-state index contributed by atoms with van der Waals surface area (Å²) < 4.78 is 0.826. The Bertz CT molecular complexity index is 414. The Labute approximate surface area is 110 Å². The molecule has 4 heteroatoms. The minimum atomic E-state index is -0.188. The van der Waals surface area contributed by atoms with Crippen LogP contribution in [0.1, 0.15) is 41.6 Å². The zero-order valence-electron chi connectivity index (χ0n) is 9.83. The third-order valence-electron chi connectivity index (χ3n) is 3.06. The van der Waals surface area contributed by atoms with E-state index in [0.717, 1.165) is 22.9 Å². The third-order valence-corrected chi connectivity index (χ3v) is 4.11. The molecule has 0 bridgehead atoms. The van der Waals surface area contributed by atoms with E-state index in [1.165, 1.54) is 12.8 Å². The van der Waals surface area contributed by atoms with E-state index in [0.29, 0.717) is 5.56 Å². The molecule has 0 heterocycles. The van der Waals surface area contributed by atoms with E-state index >= 15 is 0 Å². The number of amides is 1. The van der Waals surface area contributed by atoms with Crippen LogP contribution < -0.4 is 5.48 Å². The number of hydrogen-bond donors (Lipinski definition) is 1. The van der Waals surface area contributed by atoms with Crippen molar-refractivity contribution in [1.82, 2.24) is 5.48 Å². The molecule has 1 aromatic carbocycles. The van der Waals surface area contributed by atoms with Crippen LogP contribution in [0.4, 0.5) is 0 Å². The lowest BCUT2D eigenvalue weighted by molar-refractivity contribution is -0.0125. The molecule has 0 spiro atoms. The fourth-order valence-corrected chi connectivity index (χ4v) is 2.47. The molecule has 0 aromatic heterocycles. The zero-order valence-corrected chi connectivity index (χ0v) is 11.4. The fourth-order valence-electron chi connectivity index (χ4n) is 2.02. The van der Waals surface area contributed by atoms with Gasteiger partial charge in [0.2, 0.25) is 0 Å². The molecule has 1 aromatic rings. The van der Waals surface area contributed by atoms with Crippen LogP contribution in [0.15, 0.2) is 22.7 Å². The van der Waals surface area contributed by atoms with Crippen molar-refractivity contribution in [2.24, 2.45) is 0 Å². The minimum absolute atomic E-state index is 0.183. The molecule has 1 amide bonds. The van der Waals surface area contributed by atoms with Crippen LogP contribution in [-0.2, 0) is 4.84 Å². The molecule has 0 radical (unpaired) electrons. The number of rotatable bonds is 3. The van der Waals surface area contributed by atoms with Crippen LogP contribution in [0.2, 0.25) is 0 Å². The van der Waals surface area contributed by atoms with Gasteiger partial charge in [-0.1, -0.05) is 25.0 Å². The lowest BCUT2D eigenvalue weighted by atomic mass is 10.1. The van der Waals surface area contributed by atoms with Crippen molar-refractivity contribution < 1.29 is 9.63 Å². The minimum Gasteiger partial charge on any atom is -0.270 e. The van der Waals surface area contributed by atoms with Crippen molar-refractivity contribution in [3.8, 4) is 0 Å². The summed E-state index contributed by atoms with van der Waals surface area (Å²) >= 11 is 3.42. The van der Waals surface area contributed by atoms with Crippen molar-refractivity contribution in [2.75, 3.05) is 0 Å². The molecule has 92 valence electrons. The van der Waals surface area contributed by atoms with E-state index < -0.39 is 0 Å². The molecule has 17 heavy (non-hydrogen) atoms. The van der Waals surface area contributed by atoms with E-state index in [1.807, 2.05) is 19.1 Å². The van der Waals surface area contributed by atoms with Gasteiger partial charge in [-0.2, -0.15) is 0 Å². The third kappa shape index (κ3) is 3.07. The molecule has 1 saturated carbocycles. The lowest BCUT2D eigenvalue weighted by Gasteiger charge is -2.12. The van der Waals surface area contributed by atoms with Gasteiger partial charge in [-0.3, -0.25) is 9.63 Å². The smallest absolute Gasteiger partial charge is 0.270 e. The Balaban J connectivity index is 1.97. The summed E-state index contributed by atoms with van der Waals surface area (Å²) in [6.45, 7) is 1.96. The maximum Gasteiger partial charge on any atom is 0.276 e. The van der Waals surface area contributed by atoms with Crippen LogP contribution in [0.3, 0.4) is 0 Å². The normalized spacial score (nSPS) is 16.1. The second-order valence-corrected chi connectivity index (χ2v) is 5.18. The highest BCUT2D eigenvalue weighted by Crippen LogP contribution is 2.22. The van der Waals surface area contributed by atoms with Gasteiger partial charge in [-0.25, -0.2) is 5.48 Å². The Morgan fingerprint density at radius 1 is 1.41 bits per heavy atom. The number of carbonyl (C=O) groups is 1. The molecular formula is C13H16BrNO2. The van der Waals surface area contributed by atoms with E-state index in [2.05, 4.69) is 21.4 Å². The van der Waals surface area contributed by atoms with E-state index in [4.69, 9.17) is 4.84 Å². The van der Waals surface area contributed by atoms with Crippen LogP contribution in [-0.4, -0.2) is 12.0 Å². The van der Waals surface area contributed by atoms with Crippen molar-refractivity contribution >= 4 is 21.8 Å². The Kier molecular flexibility index (Phi) is 4.18. The summed E-state index contributed by atoms with van der Waals surface area (Å²) in [5.41, 5.74) is 4.19. The van der Waals surface area contributed by atoms with Crippen molar-refractivity contribution in [3.63, 3.8) is 0 Å². The highest BCUT2D eigenvalue weighted by molar-refractivity contribution is 9.10. The molecule has 2 rings (SSSR count). The molecule has 1 aliphatic rings. The molecule has 0 unspecified atom stereocenters. The maximum atomic E-state index is 11.9. The molecule has 3 nitrogen and oxygen atoms in total. The largest absolute Gasteiger partial charge is 0.276 e. The van der Waals surface area contributed by atoms with Gasteiger partial charge in [0, 0.05) is 4.47 Å². The van der Waals surface area contributed by atoms with Gasteiger partial charge in [-0.15, -0.1) is 0 Å². The first-order chi connectivity index (χ1) is 8.18. The Morgan fingerprint density at radius 3 is 2.82 bits per heavy atom. The molecule has 0 atom stereocenters. The van der Waals surface area contributed by atoms with E-state index in [1.54, 1.807) is 6.07 Å². The number of halogens is 1. The van der Waals surface area contributed by atoms with Crippen LogP contribution in [0, 0.1) is 6.92 Å². The van der Waals surface area contributed by atoms with Crippen molar-refractivity contribution in [3.05, 3.63) is 33.8 Å². The average Bonchev–Trinajstić information content (AvgIpc) is 2.82. The topological polar surface area (TPSA) is 38.3 Å². The van der Waals surface area contributed by atoms with Gasteiger partial charge < -0.3 is 0 Å². The highest BCUT2D eigenvalue weighted by atomic mass is 79.9. The van der Waals surface area contributed by atoms with E-state index in [9.17, 15) is 4.79 Å². The summed E-state index contributed by atoms with van der Waals surface area (Å²) in [6, 6.07) is 5.60. The standard InChI is InChI=1S/C13H16BrNO2/c1-9-5-4-8-11(12(9)14)13(16)15-17-10-6-2-3-7-10/h4-5,8,10H,2-3,6-7H2,1H3,(H,15,16). The van der Waals surface area contributed by atoms with Crippen molar-refractivity contribution in [1.29, 1.82) is 0 Å². The average molecular weight is 298 g/mol. The Morgan fingerprint density at radius 2 is 2.12 bits per heavy atom. The number of nitrogens with one attached hydrogen (secondary N) is 1. The summed E-state index contributed by atoms with van der Waals surface area (Å²) in [7, 11) is 0. The summed E-state index contributed by atoms with van der Waals surface area (Å²) in [5, 5.41) is 0. The van der Waals surface area contributed by atoms with E-state index in [-0.39, 0.29) is 12.0 Å². The second-order valence-electron chi connectivity index (χ2n) is 4.39. The van der Waals surface area contributed by atoms with Crippen LogP contribution in [0.5, 0.6) is 0 Å². The predicted molar refractivity (Wildman–Crippen MR) is 69.7 cm³/mol. The van der Waals surface area contributed by atoms with Gasteiger partial charge in [0.1, 0.15) is 0 Å². The summed E-state index contributed by atoms with van der Waals surface area (Å²) in [6.07, 6.45) is 4.64. The van der Waals surface area contributed by atoms with Crippen molar-refractivity contribution in [2.45, 2.75) is 38.7 Å². The predicted octanol–water partition coefficient (Wildman–Crippen LogP) is 3.36. The fraction of sp³-hybridized carbons (Fsp3) is 0.462. The summed E-state index contributed by atoms with van der Waals surface area (Å²) in [5.74, 6) is -0.188. The molecular weight excluding hydrogens is 282 g/mol. The van der Waals surface area contributed by atoms with Gasteiger partial charge >= 0.3 is 0 Å². The Hall–Kier alpha value is -0.870. The highest BCUT2D eigenvalue weighted by Gasteiger charge is 2.18. The quantitative estimate of drug-likeness (QED) is 0.869. The maximum absolute atomic E-state index is 11.9. The second kappa shape index (κ2) is 5.65. The first-order valence-corrected chi connectivity index (χ1v) is 6.69. The number of hydroxylamine groups is 1. The number of carbonyl (C=O) groups excluding carboxylic acids is 1. The zero-order chi connectivity index (χ0) is 12.3. The van der Waals surface area contributed by atoms with Gasteiger partial charge in [0.25, 0.3) is 5.91 Å². The molecule has 0 aliphatic heterocycles. The summed E-state index contributed by atoms with van der Waals surface area (Å²) in [4.78, 5) is 17.3. The number of hydrogen-bond acceptors (Lipinski definition) is 2. The van der Waals surface area contributed by atoms with Gasteiger partial charge in [0.05, 0.1) is 11.7 Å². The number of benzene rings is 1. The van der Waals surface area contributed by atoms with Gasteiger partial charge in [-0.05, 0) is 47.3 Å². The first kappa shape index (κ1) is 12.6. The monoisotopic (exact) mass is 297 g/mol. The molecule has 1 fully saturated rings. The molecule has 1 aliphatic carbocycles. The van der Waals surface area contributed by atoms with Crippen LogP contribution in [0.25, 0.3) is 0 Å². The first-order valence-electron chi connectivity index (χ1n) is 5.89. The number of aryl methyl sites for hydroxylation is 1. The SMILES string of the molecule is Cc1cccc(C(=O)NOC2CCCC2)c1Br. The van der Waals surface area contributed by atoms with Crippen LogP contribution >= 0.6 is 15.9 Å². The molecule has 1 N–H and O–H groups in total.